The summed E-state index contributed by atoms with van der Waals surface area (Å²) in [5.74, 6) is 1.98. The normalized spacial score (nSPS) is 12.5. The molecule has 0 aliphatic carbocycles. The Labute approximate surface area is 214 Å². The fourth-order valence-corrected chi connectivity index (χ4v) is 5.32. The van der Waals surface area contributed by atoms with E-state index in [4.69, 9.17) is 11.6 Å². The van der Waals surface area contributed by atoms with Crippen molar-refractivity contribution < 1.29 is 18.8 Å². The van der Waals surface area contributed by atoms with Crippen molar-refractivity contribution in [2.45, 2.75) is 25.4 Å². The summed E-state index contributed by atoms with van der Waals surface area (Å²) in [6.07, 6.45) is 7.38. The number of anilines is 1. The highest BCUT2D eigenvalue weighted by atomic mass is 32.2. The molecule has 36 heavy (non-hydrogen) atoms. The van der Waals surface area contributed by atoms with Gasteiger partial charge in [-0.2, -0.15) is 0 Å². The zero-order valence-corrected chi connectivity index (χ0v) is 20.6. The maximum Gasteiger partial charge on any atom is 0.245 e. The summed E-state index contributed by atoms with van der Waals surface area (Å²) < 4.78 is 26.8. The molecular formula is C25H22N5O4S2-. The van der Waals surface area contributed by atoms with Crippen LogP contribution >= 0.6 is 11.3 Å². The molecule has 2 heterocycles. The van der Waals surface area contributed by atoms with Gasteiger partial charge >= 0.3 is 0 Å². The second-order valence-electron chi connectivity index (χ2n) is 7.89. The summed E-state index contributed by atoms with van der Waals surface area (Å²) in [6, 6.07) is 20.2. The number of hydrogen-bond acceptors (Lipinski definition) is 7. The Hall–Kier alpha value is -3.82. The molecule has 2 N–H and O–H groups in total. The van der Waals surface area contributed by atoms with E-state index in [1.165, 1.54) is 20.3 Å². The van der Waals surface area contributed by atoms with Crippen molar-refractivity contribution in [1.29, 1.82) is 0 Å². The van der Waals surface area contributed by atoms with Crippen molar-refractivity contribution >= 4 is 33.5 Å². The zero-order chi connectivity index (χ0) is 25.5. The van der Waals surface area contributed by atoms with Gasteiger partial charge in [0.1, 0.15) is 10.7 Å². The highest BCUT2D eigenvalue weighted by Gasteiger charge is 2.20. The molecule has 0 aliphatic rings. The highest BCUT2D eigenvalue weighted by Crippen LogP contribution is 2.34. The molecule has 0 fully saturated rings. The van der Waals surface area contributed by atoms with Gasteiger partial charge in [-0.3, -0.25) is 18.5 Å². The Morgan fingerprint density at radius 1 is 1.19 bits per heavy atom. The number of nitrogens with zero attached hydrogens (tertiary/aromatic N) is 4. The maximum absolute atomic E-state index is 12.1. The Kier molecular flexibility index (Phi) is 8.24. The Morgan fingerprint density at radius 3 is 2.61 bits per heavy atom. The van der Waals surface area contributed by atoms with Gasteiger partial charge in [0.05, 0.1) is 25.2 Å². The van der Waals surface area contributed by atoms with E-state index in [9.17, 15) is 13.6 Å². The minimum absolute atomic E-state index is 0.0271. The molecule has 11 heteroatoms. The molecule has 4 rings (SSSR count). The molecule has 0 aliphatic heterocycles. The van der Waals surface area contributed by atoms with E-state index in [0.29, 0.717) is 17.1 Å². The third-order valence-electron chi connectivity index (χ3n) is 5.45. The van der Waals surface area contributed by atoms with Gasteiger partial charge in [-0.1, -0.05) is 53.6 Å². The number of rotatable bonds is 10. The topological polar surface area (TPSA) is 123 Å². The first-order valence-electron chi connectivity index (χ1n) is 10.9. The van der Waals surface area contributed by atoms with Crippen LogP contribution in [-0.4, -0.2) is 34.9 Å². The molecule has 1 amide bonds. The Balaban J connectivity index is 1.53. The van der Waals surface area contributed by atoms with Gasteiger partial charge in [-0.15, -0.1) is 22.9 Å². The Bertz CT molecular complexity index is 1380. The zero-order valence-electron chi connectivity index (χ0n) is 19.0. The van der Waals surface area contributed by atoms with Crippen molar-refractivity contribution in [2.75, 3.05) is 4.31 Å². The molecule has 0 radical (unpaired) electrons. The van der Waals surface area contributed by atoms with Gasteiger partial charge < -0.3 is 4.55 Å². The predicted molar refractivity (Wildman–Crippen MR) is 137 cm³/mol. The molecule has 0 bridgehead atoms. The molecule has 2 aromatic carbocycles. The number of carbonyl (C=O) groups excluding carboxylic acids is 1. The average molecular weight is 521 g/mol. The van der Waals surface area contributed by atoms with Crippen LogP contribution in [0.1, 0.15) is 29.3 Å². The quantitative estimate of drug-likeness (QED) is 0.143. The third kappa shape index (κ3) is 6.24. The molecule has 1 unspecified atom stereocenters. The molecular weight excluding hydrogens is 498 g/mol. The number of terminal acetylenes is 1. The monoisotopic (exact) mass is 520 g/mol. The van der Waals surface area contributed by atoms with E-state index in [-0.39, 0.29) is 13.0 Å². The van der Waals surface area contributed by atoms with Gasteiger partial charge in [0.2, 0.25) is 5.91 Å². The van der Waals surface area contributed by atoms with Crippen molar-refractivity contribution in [1.82, 2.24) is 20.5 Å². The van der Waals surface area contributed by atoms with Crippen molar-refractivity contribution in [3.63, 3.8) is 0 Å². The largest absolute Gasteiger partial charge is 0.755 e. The molecule has 0 saturated carbocycles. The lowest BCUT2D eigenvalue weighted by Crippen LogP contribution is -2.25. The molecule has 0 spiro atoms. The number of aromatic nitrogens is 3. The Morgan fingerprint density at radius 2 is 1.94 bits per heavy atom. The molecule has 184 valence electrons. The van der Waals surface area contributed by atoms with Crippen molar-refractivity contribution in [2.24, 2.45) is 0 Å². The summed E-state index contributed by atoms with van der Waals surface area (Å²) in [6.45, 7) is -0.0271. The molecule has 2 atom stereocenters. The number of hydroxylamine groups is 1. The number of carbonyl (C=O) groups is 1. The minimum Gasteiger partial charge on any atom is -0.755 e. The van der Waals surface area contributed by atoms with Crippen LogP contribution in [-0.2, 0) is 29.0 Å². The van der Waals surface area contributed by atoms with Crippen LogP contribution in [0, 0.1) is 12.3 Å². The van der Waals surface area contributed by atoms with E-state index in [1.807, 2.05) is 48.5 Å². The van der Waals surface area contributed by atoms with E-state index >= 15 is 0 Å². The van der Waals surface area contributed by atoms with Gasteiger partial charge in [0.15, 0.2) is 0 Å². The van der Waals surface area contributed by atoms with E-state index < -0.39 is 23.2 Å². The molecule has 4 aromatic rings. The van der Waals surface area contributed by atoms with Gasteiger partial charge in [-0.25, -0.2) is 10.2 Å². The van der Waals surface area contributed by atoms with Crippen LogP contribution in [0.2, 0.25) is 0 Å². The number of nitrogens with one attached hydrogen (secondary N) is 1. The van der Waals surface area contributed by atoms with Crippen LogP contribution in [0.3, 0.4) is 0 Å². The van der Waals surface area contributed by atoms with E-state index in [1.54, 1.807) is 29.9 Å². The predicted octanol–water partition coefficient (Wildman–Crippen LogP) is 3.47. The number of benzene rings is 2. The van der Waals surface area contributed by atoms with E-state index in [0.717, 1.165) is 21.6 Å². The van der Waals surface area contributed by atoms with Crippen LogP contribution in [0.15, 0.2) is 72.9 Å². The lowest BCUT2D eigenvalue weighted by Gasteiger charge is -2.23. The maximum atomic E-state index is 12.1. The third-order valence-corrected chi connectivity index (χ3v) is 7.41. The summed E-state index contributed by atoms with van der Waals surface area (Å²) in [5.41, 5.74) is 4.70. The summed E-state index contributed by atoms with van der Waals surface area (Å²) >= 11 is -1.19. The fraction of sp³-hybridized carbons (Fsp3) is 0.160. The SMILES string of the molecule is C#Cc1ccc(C[C@@H](CC(=O)NO)n2cc(CN(c3ccc(-c4ccccc4)s3)S(=O)[O-])nn2)cc1. The van der Waals surface area contributed by atoms with Gasteiger partial charge in [0, 0.05) is 21.7 Å². The first-order chi connectivity index (χ1) is 17.5. The number of hydrogen-bond donors (Lipinski definition) is 2. The fourth-order valence-electron chi connectivity index (χ4n) is 3.66. The average Bonchev–Trinajstić information content (AvgIpc) is 3.58. The minimum atomic E-state index is -2.54. The van der Waals surface area contributed by atoms with Gasteiger partial charge in [0.25, 0.3) is 0 Å². The first-order valence-corrected chi connectivity index (χ1v) is 12.7. The number of amides is 1. The lowest BCUT2D eigenvalue weighted by atomic mass is 10.0. The summed E-state index contributed by atoms with van der Waals surface area (Å²) in [4.78, 5) is 12.9. The molecule has 0 saturated heterocycles. The highest BCUT2D eigenvalue weighted by molar-refractivity contribution is 7.80. The molecule has 2 aromatic heterocycles. The van der Waals surface area contributed by atoms with Crippen molar-refractivity contribution in [3.8, 4) is 22.8 Å². The van der Waals surface area contributed by atoms with Crippen LogP contribution in [0.5, 0.6) is 0 Å². The van der Waals surface area contributed by atoms with Crippen LogP contribution < -0.4 is 9.79 Å². The summed E-state index contributed by atoms with van der Waals surface area (Å²) in [5, 5.41) is 17.8. The number of thiophene rings is 1. The van der Waals surface area contributed by atoms with E-state index in [2.05, 4.69) is 16.2 Å². The molecule has 9 nitrogen and oxygen atoms in total. The van der Waals surface area contributed by atoms with Crippen LogP contribution in [0.25, 0.3) is 10.4 Å². The standard InChI is InChI=1S/C25H23N5O4S2/c1-2-18-8-10-19(11-9-18)14-22(15-24(31)27-32)29-16-21(26-28-29)17-30(36(33)34)25-13-12-23(35-25)20-6-4-3-5-7-20/h1,3-13,16,22,32H,14-15,17H2,(H,27,31)(H,33,34)/p-1/t22-/m0/s1. The van der Waals surface area contributed by atoms with Gasteiger partial charge in [-0.05, 0) is 41.8 Å². The second kappa shape index (κ2) is 11.7. The smallest absolute Gasteiger partial charge is 0.245 e. The van der Waals surface area contributed by atoms with Crippen LogP contribution in [0.4, 0.5) is 5.00 Å². The first kappa shape index (κ1) is 25.3. The summed E-state index contributed by atoms with van der Waals surface area (Å²) in [7, 11) is 0. The second-order valence-corrected chi connectivity index (χ2v) is 9.82. The van der Waals surface area contributed by atoms with Crippen molar-refractivity contribution in [3.05, 3.63) is 89.7 Å². The lowest BCUT2D eigenvalue weighted by molar-refractivity contribution is -0.130.